The molecular weight excluding hydrogens is 184 g/mol. The average Bonchev–Trinajstić information content (AvgIpc) is 2.59. The van der Waals surface area contributed by atoms with Gasteiger partial charge in [-0.15, -0.1) is 0 Å². The van der Waals surface area contributed by atoms with Crippen LogP contribution in [0.15, 0.2) is 30.3 Å². The molecule has 0 radical (unpaired) electrons. The molecule has 15 heavy (non-hydrogen) atoms. The minimum absolute atomic E-state index is 0.228. The van der Waals surface area contributed by atoms with Gasteiger partial charge in [0, 0.05) is 5.54 Å². The molecule has 2 atom stereocenters. The predicted octanol–water partition coefficient (Wildman–Crippen LogP) is 2.13. The van der Waals surface area contributed by atoms with Crippen molar-refractivity contribution in [2.45, 2.75) is 43.7 Å². The highest BCUT2D eigenvalue weighted by atomic mass is 14.9. The highest BCUT2D eigenvalue weighted by molar-refractivity contribution is 5.31. The van der Waals surface area contributed by atoms with Crippen LogP contribution in [0.3, 0.4) is 0 Å². The first-order chi connectivity index (χ1) is 7.12. The molecule has 1 aromatic carbocycles. The van der Waals surface area contributed by atoms with Crippen LogP contribution in [0.1, 0.15) is 38.2 Å². The van der Waals surface area contributed by atoms with Gasteiger partial charge in [0.25, 0.3) is 0 Å². The summed E-state index contributed by atoms with van der Waals surface area (Å²) in [6.45, 7) is 2.13. The normalized spacial score (nSPS) is 35.7. The van der Waals surface area contributed by atoms with Gasteiger partial charge < -0.3 is 11.5 Å². The molecule has 0 saturated heterocycles. The quantitative estimate of drug-likeness (QED) is 0.775. The molecule has 2 unspecified atom stereocenters. The minimum atomic E-state index is -0.330. The monoisotopic (exact) mass is 204 g/mol. The van der Waals surface area contributed by atoms with Gasteiger partial charge in [-0.05, 0) is 31.2 Å². The maximum Gasteiger partial charge on any atom is 0.0591 e. The van der Waals surface area contributed by atoms with Crippen LogP contribution in [-0.2, 0) is 5.54 Å². The summed E-state index contributed by atoms with van der Waals surface area (Å²) < 4.78 is 0. The van der Waals surface area contributed by atoms with Crippen molar-refractivity contribution in [1.29, 1.82) is 0 Å². The lowest BCUT2D eigenvalue weighted by Gasteiger charge is -2.40. The second-order valence-electron chi connectivity index (χ2n) is 4.70. The maximum absolute atomic E-state index is 6.54. The topological polar surface area (TPSA) is 52.0 Å². The van der Waals surface area contributed by atoms with E-state index >= 15 is 0 Å². The van der Waals surface area contributed by atoms with Crippen molar-refractivity contribution in [2.75, 3.05) is 0 Å². The fraction of sp³-hybridized carbons (Fsp3) is 0.538. The Hall–Kier alpha value is -0.860. The summed E-state index contributed by atoms with van der Waals surface area (Å²) in [6.07, 6.45) is 4.12. The molecule has 1 aliphatic carbocycles. The van der Waals surface area contributed by atoms with E-state index < -0.39 is 0 Å². The van der Waals surface area contributed by atoms with Gasteiger partial charge in [0.2, 0.25) is 0 Å². The molecule has 0 heterocycles. The predicted molar refractivity (Wildman–Crippen MR) is 63.4 cm³/mol. The van der Waals surface area contributed by atoms with Crippen molar-refractivity contribution in [3.8, 4) is 0 Å². The van der Waals surface area contributed by atoms with Crippen LogP contribution in [0.25, 0.3) is 0 Å². The standard InChI is InChI=1S/C13H20N2/c1-2-12(14)9-6-10-13(12,15)11-7-4-3-5-8-11/h3-5,7-8H,2,6,9-10,14-15H2,1H3. The van der Waals surface area contributed by atoms with Crippen molar-refractivity contribution in [3.63, 3.8) is 0 Å². The van der Waals surface area contributed by atoms with Crippen LogP contribution in [0, 0.1) is 0 Å². The largest absolute Gasteiger partial charge is 0.323 e. The number of hydrogen-bond acceptors (Lipinski definition) is 2. The summed E-state index contributed by atoms with van der Waals surface area (Å²) in [4.78, 5) is 0. The Bertz CT molecular complexity index is 336. The lowest BCUT2D eigenvalue weighted by atomic mass is 9.74. The van der Waals surface area contributed by atoms with E-state index in [0.717, 1.165) is 25.7 Å². The van der Waals surface area contributed by atoms with Crippen LogP contribution >= 0.6 is 0 Å². The van der Waals surface area contributed by atoms with E-state index in [1.165, 1.54) is 5.56 Å². The molecule has 0 aromatic heterocycles. The molecular formula is C13H20N2. The highest BCUT2D eigenvalue weighted by Crippen LogP contribution is 2.44. The van der Waals surface area contributed by atoms with Crippen molar-refractivity contribution >= 4 is 0 Å². The summed E-state index contributed by atoms with van der Waals surface area (Å²) >= 11 is 0. The van der Waals surface area contributed by atoms with Gasteiger partial charge >= 0.3 is 0 Å². The van der Waals surface area contributed by atoms with Crippen LogP contribution in [-0.4, -0.2) is 5.54 Å². The number of nitrogens with two attached hydrogens (primary N) is 2. The third kappa shape index (κ3) is 1.48. The summed E-state index contributed by atoms with van der Waals surface area (Å²) in [5.41, 5.74) is 13.6. The number of benzene rings is 1. The zero-order valence-corrected chi connectivity index (χ0v) is 9.37. The van der Waals surface area contributed by atoms with E-state index in [1.807, 2.05) is 18.2 Å². The van der Waals surface area contributed by atoms with Crippen molar-refractivity contribution < 1.29 is 0 Å². The molecule has 1 aliphatic rings. The van der Waals surface area contributed by atoms with E-state index in [2.05, 4.69) is 19.1 Å². The Morgan fingerprint density at radius 2 is 1.80 bits per heavy atom. The Labute approximate surface area is 91.7 Å². The summed E-state index contributed by atoms with van der Waals surface area (Å²) in [5, 5.41) is 0. The lowest BCUT2D eigenvalue weighted by molar-refractivity contribution is 0.255. The zero-order chi connectivity index (χ0) is 10.9. The average molecular weight is 204 g/mol. The van der Waals surface area contributed by atoms with Gasteiger partial charge in [-0.25, -0.2) is 0 Å². The molecule has 2 nitrogen and oxygen atoms in total. The Kier molecular flexibility index (Phi) is 2.57. The van der Waals surface area contributed by atoms with E-state index in [0.29, 0.717) is 0 Å². The molecule has 1 saturated carbocycles. The van der Waals surface area contributed by atoms with E-state index in [9.17, 15) is 0 Å². The number of hydrogen-bond donors (Lipinski definition) is 2. The summed E-state index contributed by atoms with van der Waals surface area (Å²) in [6, 6.07) is 10.3. The first kappa shape index (κ1) is 10.7. The summed E-state index contributed by atoms with van der Waals surface area (Å²) in [5.74, 6) is 0. The molecule has 0 aliphatic heterocycles. The number of rotatable bonds is 2. The third-order valence-electron chi connectivity index (χ3n) is 4.00. The van der Waals surface area contributed by atoms with Gasteiger partial charge in [0.15, 0.2) is 0 Å². The van der Waals surface area contributed by atoms with Crippen molar-refractivity contribution in [1.82, 2.24) is 0 Å². The molecule has 4 N–H and O–H groups in total. The van der Waals surface area contributed by atoms with Crippen LogP contribution in [0.4, 0.5) is 0 Å². The molecule has 82 valence electrons. The zero-order valence-electron chi connectivity index (χ0n) is 9.37. The second-order valence-corrected chi connectivity index (χ2v) is 4.70. The fourth-order valence-corrected chi connectivity index (χ4v) is 2.81. The minimum Gasteiger partial charge on any atom is -0.323 e. The third-order valence-corrected chi connectivity index (χ3v) is 4.00. The van der Waals surface area contributed by atoms with Gasteiger partial charge in [-0.2, -0.15) is 0 Å². The van der Waals surface area contributed by atoms with Crippen molar-refractivity contribution in [2.24, 2.45) is 11.5 Å². The first-order valence-corrected chi connectivity index (χ1v) is 5.76. The maximum atomic E-state index is 6.54. The molecule has 2 heteroatoms. The molecule has 2 rings (SSSR count). The van der Waals surface area contributed by atoms with Crippen LogP contribution in [0.2, 0.25) is 0 Å². The Morgan fingerprint density at radius 3 is 2.40 bits per heavy atom. The van der Waals surface area contributed by atoms with Gasteiger partial charge in [0.1, 0.15) is 0 Å². The first-order valence-electron chi connectivity index (χ1n) is 5.76. The molecule has 0 spiro atoms. The Morgan fingerprint density at radius 1 is 1.13 bits per heavy atom. The van der Waals surface area contributed by atoms with Crippen LogP contribution in [0.5, 0.6) is 0 Å². The van der Waals surface area contributed by atoms with Gasteiger partial charge in [0.05, 0.1) is 5.54 Å². The molecule has 0 bridgehead atoms. The van der Waals surface area contributed by atoms with E-state index in [4.69, 9.17) is 11.5 Å². The summed E-state index contributed by atoms with van der Waals surface area (Å²) in [7, 11) is 0. The second kappa shape index (κ2) is 3.62. The highest BCUT2D eigenvalue weighted by Gasteiger charge is 2.49. The molecule has 1 aromatic rings. The van der Waals surface area contributed by atoms with Crippen molar-refractivity contribution in [3.05, 3.63) is 35.9 Å². The van der Waals surface area contributed by atoms with E-state index in [-0.39, 0.29) is 11.1 Å². The molecule has 0 amide bonds. The lowest BCUT2D eigenvalue weighted by Crippen LogP contribution is -2.59. The van der Waals surface area contributed by atoms with E-state index in [1.54, 1.807) is 0 Å². The van der Waals surface area contributed by atoms with Gasteiger partial charge in [-0.3, -0.25) is 0 Å². The Balaban J connectivity index is 2.42. The van der Waals surface area contributed by atoms with Crippen LogP contribution < -0.4 is 11.5 Å². The SMILES string of the molecule is CCC1(N)CCCC1(N)c1ccccc1. The fourth-order valence-electron chi connectivity index (χ4n) is 2.81. The van der Waals surface area contributed by atoms with Gasteiger partial charge in [-0.1, -0.05) is 37.3 Å². The smallest absolute Gasteiger partial charge is 0.0591 e. The molecule has 1 fully saturated rings.